The van der Waals surface area contributed by atoms with E-state index in [0.717, 1.165) is 69.5 Å². The summed E-state index contributed by atoms with van der Waals surface area (Å²) >= 11 is 6.44. The normalized spacial score (nSPS) is 26.6. The van der Waals surface area contributed by atoms with Gasteiger partial charge in [-0.3, -0.25) is 4.79 Å². The van der Waals surface area contributed by atoms with Gasteiger partial charge in [0.15, 0.2) is 0 Å². The van der Waals surface area contributed by atoms with Gasteiger partial charge in [0.05, 0.1) is 11.1 Å². The minimum atomic E-state index is -0.134. The van der Waals surface area contributed by atoms with Crippen molar-refractivity contribution in [2.24, 2.45) is 17.1 Å². The van der Waals surface area contributed by atoms with Crippen molar-refractivity contribution in [3.8, 4) is 5.75 Å². The predicted molar refractivity (Wildman–Crippen MR) is 121 cm³/mol. The minimum Gasteiger partial charge on any atom is -0.489 e. The molecule has 1 aliphatic carbocycles. The van der Waals surface area contributed by atoms with E-state index < -0.39 is 0 Å². The number of ether oxygens (including phenoxy) is 2. The second kappa shape index (κ2) is 9.29. The van der Waals surface area contributed by atoms with Crippen LogP contribution >= 0.6 is 11.6 Å². The lowest BCUT2D eigenvalue weighted by Crippen LogP contribution is -2.47. The summed E-state index contributed by atoms with van der Waals surface area (Å²) in [5.41, 5.74) is 6.74. The first-order valence-electron chi connectivity index (χ1n) is 11.3. The molecule has 2 fully saturated rings. The van der Waals surface area contributed by atoms with Crippen LogP contribution in [0.4, 0.5) is 0 Å². The van der Waals surface area contributed by atoms with Gasteiger partial charge >= 0.3 is 0 Å². The summed E-state index contributed by atoms with van der Waals surface area (Å²) in [4.78, 5) is 14.7. The number of nitrogens with one attached hydrogen (secondary N) is 1. The molecule has 1 atom stereocenters. The summed E-state index contributed by atoms with van der Waals surface area (Å²) in [6.07, 6.45) is 10.5. The number of rotatable bonds is 6. The van der Waals surface area contributed by atoms with E-state index >= 15 is 0 Å². The number of fused-ring (bicyclic) bond motifs is 1. The molecule has 0 radical (unpaired) electrons. The van der Waals surface area contributed by atoms with Crippen molar-refractivity contribution >= 4 is 22.4 Å². The monoisotopic (exact) mass is 432 g/mol. The highest BCUT2D eigenvalue weighted by molar-refractivity contribution is 6.32. The second-order valence-electron chi connectivity index (χ2n) is 9.13. The van der Waals surface area contributed by atoms with E-state index in [4.69, 9.17) is 26.8 Å². The van der Waals surface area contributed by atoms with E-state index in [1.54, 1.807) is 12.3 Å². The fourth-order valence-corrected chi connectivity index (χ4v) is 5.64. The van der Waals surface area contributed by atoms with Crippen molar-refractivity contribution < 1.29 is 9.47 Å². The number of H-pyrrole nitrogens is 1. The van der Waals surface area contributed by atoms with E-state index in [9.17, 15) is 4.79 Å². The van der Waals surface area contributed by atoms with Crippen LogP contribution in [-0.2, 0) is 4.74 Å². The van der Waals surface area contributed by atoms with E-state index in [0.29, 0.717) is 16.2 Å². The highest BCUT2D eigenvalue weighted by Gasteiger charge is 2.41. The van der Waals surface area contributed by atoms with Gasteiger partial charge in [-0.1, -0.05) is 18.5 Å². The van der Waals surface area contributed by atoms with Crippen molar-refractivity contribution in [2.45, 2.75) is 70.4 Å². The van der Waals surface area contributed by atoms with Gasteiger partial charge in [0.1, 0.15) is 5.75 Å². The maximum Gasteiger partial charge on any atom is 0.255 e. The van der Waals surface area contributed by atoms with E-state index in [2.05, 4.69) is 11.9 Å². The van der Waals surface area contributed by atoms with Gasteiger partial charge in [0, 0.05) is 30.8 Å². The summed E-state index contributed by atoms with van der Waals surface area (Å²) in [5, 5.41) is 1.92. The molecule has 1 aromatic carbocycles. The molecule has 0 amide bonds. The number of benzene rings is 1. The molecule has 3 N–H and O–H groups in total. The number of hydrogen-bond acceptors (Lipinski definition) is 4. The molecule has 30 heavy (non-hydrogen) atoms. The lowest BCUT2D eigenvalue weighted by Gasteiger charge is -2.46. The zero-order valence-corrected chi connectivity index (χ0v) is 18.5. The summed E-state index contributed by atoms with van der Waals surface area (Å²) in [6.45, 7) is 3.98. The average Bonchev–Trinajstić information content (AvgIpc) is 2.76. The first-order valence-corrected chi connectivity index (χ1v) is 11.7. The first-order chi connectivity index (χ1) is 14.5. The zero-order chi connectivity index (χ0) is 21.1. The first kappa shape index (κ1) is 21.7. The number of pyridine rings is 1. The van der Waals surface area contributed by atoms with Crippen molar-refractivity contribution in [1.82, 2.24) is 4.98 Å². The minimum absolute atomic E-state index is 0.133. The van der Waals surface area contributed by atoms with Gasteiger partial charge < -0.3 is 20.2 Å². The van der Waals surface area contributed by atoms with Crippen LogP contribution in [0.3, 0.4) is 0 Å². The second-order valence-corrected chi connectivity index (χ2v) is 9.54. The SMILES string of the molecule is CCC(N)[C@]1(CC2CCOCC2)CC[C@H](Oc2cc3cc[nH]c(=O)c3cc2Cl)CC1. The quantitative estimate of drug-likeness (QED) is 0.670. The molecule has 1 saturated heterocycles. The average molecular weight is 433 g/mol. The molecule has 5 nitrogen and oxygen atoms in total. The Morgan fingerprint density at radius 1 is 1.27 bits per heavy atom. The van der Waals surface area contributed by atoms with Gasteiger partial charge in [-0.25, -0.2) is 0 Å². The van der Waals surface area contributed by atoms with Crippen molar-refractivity contribution in [3.63, 3.8) is 0 Å². The maximum atomic E-state index is 12.0. The fourth-order valence-electron chi connectivity index (χ4n) is 5.43. The molecule has 2 aliphatic rings. The number of aromatic nitrogens is 1. The Hall–Kier alpha value is -1.56. The molecule has 1 aromatic heterocycles. The van der Waals surface area contributed by atoms with Crippen molar-refractivity contribution in [1.29, 1.82) is 0 Å². The van der Waals surface area contributed by atoms with Crippen LogP contribution in [0.25, 0.3) is 10.8 Å². The molecule has 1 aliphatic heterocycles. The molecule has 4 rings (SSSR count). The molecular formula is C24H33ClN2O3. The number of halogens is 1. The topological polar surface area (TPSA) is 77.3 Å². The molecule has 0 bridgehead atoms. The summed E-state index contributed by atoms with van der Waals surface area (Å²) < 4.78 is 11.9. The summed E-state index contributed by atoms with van der Waals surface area (Å²) in [5.74, 6) is 1.39. The summed E-state index contributed by atoms with van der Waals surface area (Å²) in [6, 6.07) is 5.70. The van der Waals surface area contributed by atoms with Crippen LogP contribution in [0.5, 0.6) is 5.75 Å². The highest BCUT2D eigenvalue weighted by Crippen LogP contribution is 2.47. The molecule has 1 saturated carbocycles. The Balaban J connectivity index is 1.45. The summed E-state index contributed by atoms with van der Waals surface area (Å²) in [7, 11) is 0. The highest BCUT2D eigenvalue weighted by atomic mass is 35.5. The Bertz CT molecular complexity index is 914. The molecule has 2 heterocycles. The van der Waals surface area contributed by atoms with Gasteiger partial charge in [0.2, 0.25) is 0 Å². The zero-order valence-electron chi connectivity index (χ0n) is 17.8. The Morgan fingerprint density at radius 2 is 2.00 bits per heavy atom. The molecule has 164 valence electrons. The predicted octanol–water partition coefficient (Wildman–Crippen LogP) is 5.04. The number of nitrogens with two attached hydrogens (primary N) is 1. The molecule has 2 aromatic rings. The third kappa shape index (κ3) is 4.53. The van der Waals surface area contributed by atoms with E-state index in [1.807, 2.05) is 12.1 Å². The molecular weight excluding hydrogens is 400 g/mol. The number of hydrogen-bond donors (Lipinski definition) is 2. The smallest absolute Gasteiger partial charge is 0.255 e. The van der Waals surface area contributed by atoms with E-state index in [1.165, 1.54) is 6.42 Å². The van der Waals surface area contributed by atoms with Gasteiger partial charge in [-0.2, -0.15) is 0 Å². The van der Waals surface area contributed by atoms with Crippen LogP contribution < -0.4 is 16.0 Å². The third-order valence-electron chi connectivity index (χ3n) is 7.31. The van der Waals surface area contributed by atoms with Crippen molar-refractivity contribution in [2.75, 3.05) is 13.2 Å². The van der Waals surface area contributed by atoms with Crippen LogP contribution in [-0.4, -0.2) is 30.3 Å². The van der Waals surface area contributed by atoms with Crippen molar-refractivity contribution in [3.05, 3.63) is 39.8 Å². The Morgan fingerprint density at radius 3 is 2.70 bits per heavy atom. The van der Waals surface area contributed by atoms with Crippen LogP contribution in [0, 0.1) is 11.3 Å². The maximum absolute atomic E-state index is 12.0. The van der Waals surface area contributed by atoms with Gasteiger partial charge in [-0.05, 0) is 86.3 Å². The standard InChI is InChI=1S/C24H33ClN2O3/c1-2-22(26)24(15-16-6-11-29-12-7-16)8-3-18(4-9-24)30-21-13-17-5-10-27-23(28)19(17)14-20(21)25/h5,10,13-14,16,18,22H,2-4,6-9,11-12,15,26H2,1H3,(H,27,28)/t18-,22?,24+. The Labute approximate surface area is 183 Å². The number of aromatic amines is 1. The Kier molecular flexibility index (Phi) is 6.71. The van der Waals surface area contributed by atoms with Crippen LogP contribution in [0.15, 0.2) is 29.2 Å². The van der Waals surface area contributed by atoms with Crippen LogP contribution in [0.1, 0.15) is 58.3 Å². The lowest BCUT2D eigenvalue weighted by molar-refractivity contribution is 0.00891. The largest absolute Gasteiger partial charge is 0.489 e. The van der Waals surface area contributed by atoms with Gasteiger partial charge in [-0.15, -0.1) is 0 Å². The molecule has 1 unspecified atom stereocenters. The molecule has 0 spiro atoms. The van der Waals surface area contributed by atoms with Crippen LogP contribution in [0.2, 0.25) is 5.02 Å². The fraction of sp³-hybridized carbons (Fsp3) is 0.625. The third-order valence-corrected chi connectivity index (χ3v) is 7.61. The van der Waals surface area contributed by atoms with E-state index in [-0.39, 0.29) is 23.1 Å². The molecule has 6 heteroatoms. The lowest BCUT2D eigenvalue weighted by atomic mass is 9.63. The van der Waals surface area contributed by atoms with Gasteiger partial charge in [0.25, 0.3) is 5.56 Å².